The van der Waals surface area contributed by atoms with Gasteiger partial charge in [-0.1, -0.05) is 13.8 Å². The summed E-state index contributed by atoms with van der Waals surface area (Å²) in [5.74, 6) is 0.825. The van der Waals surface area contributed by atoms with Crippen molar-refractivity contribution in [2.45, 2.75) is 32.9 Å². The second-order valence-corrected chi connectivity index (χ2v) is 4.61. The zero-order chi connectivity index (χ0) is 7.90. The van der Waals surface area contributed by atoms with Crippen molar-refractivity contribution >= 4 is 0 Å². The standard InChI is InChI=1S/C9H17NO/c1-9(2)5-10-8(11-6-9)7-3-4-7/h7-8,10H,3-6H2,1-2H3. The van der Waals surface area contributed by atoms with E-state index in [1.54, 1.807) is 0 Å². The van der Waals surface area contributed by atoms with Crippen molar-refractivity contribution in [2.24, 2.45) is 11.3 Å². The minimum atomic E-state index is 0.339. The third-order valence-electron chi connectivity index (χ3n) is 2.49. The van der Waals surface area contributed by atoms with Gasteiger partial charge in [0.2, 0.25) is 0 Å². The van der Waals surface area contributed by atoms with Gasteiger partial charge in [-0.15, -0.1) is 0 Å². The second kappa shape index (κ2) is 2.46. The maximum Gasteiger partial charge on any atom is 0.111 e. The Morgan fingerprint density at radius 3 is 2.55 bits per heavy atom. The van der Waals surface area contributed by atoms with Crippen molar-refractivity contribution in [3.63, 3.8) is 0 Å². The fourth-order valence-electron chi connectivity index (χ4n) is 1.50. The average Bonchev–Trinajstić information content (AvgIpc) is 2.70. The van der Waals surface area contributed by atoms with Crippen molar-refractivity contribution < 1.29 is 4.74 Å². The Kier molecular flexibility index (Phi) is 1.69. The van der Waals surface area contributed by atoms with Gasteiger partial charge in [0.15, 0.2) is 0 Å². The van der Waals surface area contributed by atoms with E-state index in [0.29, 0.717) is 11.6 Å². The number of ether oxygens (including phenoxy) is 1. The van der Waals surface area contributed by atoms with Crippen molar-refractivity contribution in [3.8, 4) is 0 Å². The normalized spacial score (nSPS) is 37.1. The molecule has 0 aromatic carbocycles. The van der Waals surface area contributed by atoms with Crippen molar-refractivity contribution in [3.05, 3.63) is 0 Å². The Morgan fingerprint density at radius 2 is 2.09 bits per heavy atom. The SMILES string of the molecule is CC1(C)CNC(C2CC2)OC1. The predicted octanol–water partition coefficient (Wildman–Crippen LogP) is 1.37. The minimum absolute atomic E-state index is 0.339. The second-order valence-electron chi connectivity index (χ2n) is 4.61. The van der Waals surface area contributed by atoms with Gasteiger partial charge < -0.3 is 4.74 Å². The molecule has 2 aliphatic rings. The summed E-state index contributed by atoms with van der Waals surface area (Å²) < 4.78 is 5.71. The molecule has 1 N–H and O–H groups in total. The fraction of sp³-hybridized carbons (Fsp3) is 1.00. The quantitative estimate of drug-likeness (QED) is 0.617. The van der Waals surface area contributed by atoms with E-state index >= 15 is 0 Å². The maximum atomic E-state index is 5.71. The highest BCUT2D eigenvalue weighted by Gasteiger charge is 2.36. The van der Waals surface area contributed by atoms with Gasteiger partial charge in [-0.3, -0.25) is 5.32 Å². The number of rotatable bonds is 1. The van der Waals surface area contributed by atoms with Crippen LogP contribution in [0.25, 0.3) is 0 Å². The van der Waals surface area contributed by atoms with E-state index < -0.39 is 0 Å². The molecule has 11 heavy (non-hydrogen) atoms. The highest BCUT2D eigenvalue weighted by Crippen LogP contribution is 2.35. The van der Waals surface area contributed by atoms with Crippen molar-refractivity contribution in [1.29, 1.82) is 0 Å². The van der Waals surface area contributed by atoms with Gasteiger partial charge in [-0.25, -0.2) is 0 Å². The molecule has 64 valence electrons. The Labute approximate surface area is 68.3 Å². The van der Waals surface area contributed by atoms with Gasteiger partial charge in [-0.2, -0.15) is 0 Å². The summed E-state index contributed by atoms with van der Waals surface area (Å²) in [5, 5.41) is 3.45. The van der Waals surface area contributed by atoms with Crippen LogP contribution in [-0.4, -0.2) is 19.4 Å². The van der Waals surface area contributed by atoms with Crippen molar-refractivity contribution in [2.75, 3.05) is 13.2 Å². The topological polar surface area (TPSA) is 21.3 Å². The lowest BCUT2D eigenvalue weighted by atomic mass is 9.93. The first-order valence-corrected chi connectivity index (χ1v) is 4.52. The van der Waals surface area contributed by atoms with E-state index in [1.165, 1.54) is 12.8 Å². The molecule has 1 atom stereocenters. The molecule has 1 saturated carbocycles. The Morgan fingerprint density at radius 1 is 1.36 bits per heavy atom. The van der Waals surface area contributed by atoms with Crippen LogP contribution in [0.4, 0.5) is 0 Å². The summed E-state index contributed by atoms with van der Waals surface area (Å²) in [6, 6.07) is 0. The van der Waals surface area contributed by atoms with E-state index in [0.717, 1.165) is 19.1 Å². The summed E-state index contributed by atoms with van der Waals surface area (Å²) in [7, 11) is 0. The summed E-state index contributed by atoms with van der Waals surface area (Å²) >= 11 is 0. The molecule has 0 amide bonds. The molecule has 1 heterocycles. The van der Waals surface area contributed by atoms with Crippen LogP contribution in [-0.2, 0) is 4.74 Å². The molecule has 0 bridgehead atoms. The van der Waals surface area contributed by atoms with Gasteiger partial charge in [0.1, 0.15) is 6.23 Å². The maximum absolute atomic E-state index is 5.71. The predicted molar refractivity (Wildman–Crippen MR) is 44.2 cm³/mol. The first-order valence-electron chi connectivity index (χ1n) is 4.52. The van der Waals surface area contributed by atoms with E-state index in [4.69, 9.17) is 4.74 Å². The van der Waals surface area contributed by atoms with E-state index in [2.05, 4.69) is 19.2 Å². The highest BCUT2D eigenvalue weighted by atomic mass is 16.5. The van der Waals surface area contributed by atoms with E-state index in [-0.39, 0.29) is 0 Å². The summed E-state index contributed by atoms with van der Waals surface area (Å²) in [6.07, 6.45) is 3.10. The molecule has 0 radical (unpaired) electrons. The molecule has 0 aromatic heterocycles. The van der Waals surface area contributed by atoms with Crippen molar-refractivity contribution in [1.82, 2.24) is 5.32 Å². The molecule has 0 spiro atoms. The molecule has 2 heteroatoms. The van der Waals surface area contributed by atoms with Crippen LogP contribution in [0.5, 0.6) is 0 Å². The lowest BCUT2D eigenvalue weighted by molar-refractivity contribution is -0.0676. The molecule has 1 aliphatic heterocycles. The van der Waals surface area contributed by atoms with E-state index in [9.17, 15) is 0 Å². The minimum Gasteiger partial charge on any atom is -0.362 e. The lowest BCUT2D eigenvalue weighted by Gasteiger charge is -2.35. The zero-order valence-electron chi connectivity index (χ0n) is 7.39. The number of nitrogens with one attached hydrogen (secondary N) is 1. The zero-order valence-corrected chi connectivity index (χ0v) is 7.39. The Balaban J connectivity index is 1.84. The van der Waals surface area contributed by atoms with Crippen LogP contribution in [0.15, 0.2) is 0 Å². The van der Waals surface area contributed by atoms with Crippen LogP contribution in [0.1, 0.15) is 26.7 Å². The molecule has 1 saturated heterocycles. The number of hydrogen-bond acceptors (Lipinski definition) is 2. The molecular weight excluding hydrogens is 138 g/mol. The monoisotopic (exact) mass is 155 g/mol. The Hall–Kier alpha value is -0.0800. The molecule has 1 aliphatic carbocycles. The van der Waals surface area contributed by atoms with Crippen LogP contribution < -0.4 is 5.32 Å². The highest BCUT2D eigenvalue weighted by molar-refractivity contribution is 4.86. The third kappa shape index (κ3) is 1.74. The van der Waals surface area contributed by atoms with Gasteiger partial charge >= 0.3 is 0 Å². The molecule has 2 rings (SSSR count). The summed E-state index contributed by atoms with van der Waals surface area (Å²) in [5.41, 5.74) is 0.339. The fourth-order valence-corrected chi connectivity index (χ4v) is 1.50. The van der Waals surface area contributed by atoms with Gasteiger partial charge in [0.05, 0.1) is 6.61 Å². The largest absolute Gasteiger partial charge is 0.362 e. The smallest absolute Gasteiger partial charge is 0.111 e. The first kappa shape index (κ1) is 7.56. The molecule has 1 unspecified atom stereocenters. The van der Waals surface area contributed by atoms with E-state index in [1.807, 2.05) is 0 Å². The Bertz CT molecular complexity index is 142. The first-order chi connectivity index (χ1) is 5.17. The summed E-state index contributed by atoms with van der Waals surface area (Å²) in [6.45, 7) is 6.50. The van der Waals surface area contributed by atoms with Gasteiger partial charge in [0, 0.05) is 12.0 Å². The third-order valence-corrected chi connectivity index (χ3v) is 2.49. The summed E-state index contributed by atoms with van der Waals surface area (Å²) in [4.78, 5) is 0. The lowest BCUT2D eigenvalue weighted by Crippen LogP contribution is -2.48. The van der Waals surface area contributed by atoms with Crippen LogP contribution in [0.3, 0.4) is 0 Å². The molecule has 0 aromatic rings. The van der Waals surface area contributed by atoms with Crippen LogP contribution >= 0.6 is 0 Å². The van der Waals surface area contributed by atoms with Crippen LogP contribution in [0.2, 0.25) is 0 Å². The van der Waals surface area contributed by atoms with Gasteiger partial charge in [0.25, 0.3) is 0 Å². The molecule has 2 fully saturated rings. The average molecular weight is 155 g/mol. The molecular formula is C9H17NO. The van der Waals surface area contributed by atoms with Crippen LogP contribution in [0, 0.1) is 11.3 Å². The number of hydrogen-bond donors (Lipinski definition) is 1. The molecule has 2 nitrogen and oxygen atoms in total. The van der Waals surface area contributed by atoms with Gasteiger partial charge in [-0.05, 0) is 18.8 Å².